The molecule has 1 aromatic heterocycles. The van der Waals surface area contributed by atoms with Gasteiger partial charge in [-0.2, -0.15) is 0 Å². The van der Waals surface area contributed by atoms with Crippen molar-refractivity contribution in [1.29, 1.82) is 0 Å². The molecule has 2 atom stereocenters. The number of anilines is 1. The van der Waals surface area contributed by atoms with E-state index >= 15 is 0 Å². The minimum Gasteiger partial charge on any atom is -0.347 e. The standard InChI is InChI=1S/C11H14N2OS/c1-2-9-10(6-14)15-11(12-9)13-4-7-3-8(7)5-13/h6-8H,2-5H2,1H3. The van der Waals surface area contributed by atoms with E-state index in [4.69, 9.17) is 0 Å². The Kier molecular flexibility index (Phi) is 2.06. The molecule has 1 aliphatic heterocycles. The summed E-state index contributed by atoms with van der Waals surface area (Å²) in [7, 11) is 0. The van der Waals surface area contributed by atoms with Crippen molar-refractivity contribution in [2.75, 3.05) is 18.0 Å². The first-order chi connectivity index (χ1) is 7.31. The average Bonchev–Trinajstić information content (AvgIpc) is 2.74. The Morgan fingerprint density at radius 2 is 2.27 bits per heavy atom. The molecule has 0 amide bonds. The minimum absolute atomic E-state index is 0.813. The first-order valence-electron chi connectivity index (χ1n) is 5.51. The highest BCUT2D eigenvalue weighted by molar-refractivity contribution is 7.17. The zero-order valence-corrected chi connectivity index (χ0v) is 9.59. The van der Waals surface area contributed by atoms with E-state index in [1.807, 2.05) is 6.92 Å². The maximum atomic E-state index is 10.8. The third-order valence-corrected chi connectivity index (χ3v) is 4.49. The van der Waals surface area contributed by atoms with Gasteiger partial charge >= 0.3 is 0 Å². The second kappa shape index (κ2) is 3.30. The number of rotatable bonds is 3. The van der Waals surface area contributed by atoms with Gasteiger partial charge in [-0.25, -0.2) is 4.98 Å². The number of aryl methyl sites for hydroxylation is 1. The minimum atomic E-state index is 0.813. The Balaban J connectivity index is 1.85. The monoisotopic (exact) mass is 222 g/mol. The Labute approximate surface area is 93.1 Å². The van der Waals surface area contributed by atoms with Crippen LogP contribution in [0.1, 0.15) is 28.7 Å². The lowest BCUT2D eigenvalue weighted by Crippen LogP contribution is -2.21. The maximum Gasteiger partial charge on any atom is 0.186 e. The zero-order valence-electron chi connectivity index (χ0n) is 8.77. The van der Waals surface area contributed by atoms with E-state index < -0.39 is 0 Å². The molecule has 1 aromatic rings. The molecule has 0 N–H and O–H groups in total. The number of carbonyl (C=O) groups is 1. The first-order valence-corrected chi connectivity index (χ1v) is 6.33. The Hall–Kier alpha value is -0.900. The second-order valence-corrected chi connectivity index (χ2v) is 5.45. The fraction of sp³-hybridized carbons (Fsp3) is 0.636. The molecule has 4 heteroatoms. The van der Waals surface area contributed by atoms with Crippen molar-refractivity contribution in [3.05, 3.63) is 10.6 Å². The van der Waals surface area contributed by atoms with Gasteiger partial charge in [-0.05, 0) is 24.7 Å². The lowest BCUT2D eigenvalue weighted by Gasteiger charge is -2.15. The number of hydrogen-bond donors (Lipinski definition) is 0. The Morgan fingerprint density at radius 1 is 1.53 bits per heavy atom. The average molecular weight is 222 g/mol. The first kappa shape index (κ1) is 9.33. The summed E-state index contributed by atoms with van der Waals surface area (Å²) in [5.41, 5.74) is 0.963. The molecule has 3 nitrogen and oxygen atoms in total. The number of aldehydes is 1. The van der Waals surface area contributed by atoms with Crippen LogP contribution in [-0.4, -0.2) is 24.4 Å². The van der Waals surface area contributed by atoms with Gasteiger partial charge in [-0.15, -0.1) is 0 Å². The number of fused-ring (bicyclic) bond motifs is 1. The molecule has 15 heavy (non-hydrogen) atoms. The third kappa shape index (κ3) is 1.47. The highest BCUT2D eigenvalue weighted by atomic mass is 32.1. The lowest BCUT2D eigenvalue weighted by atomic mass is 10.3. The van der Waals surface area contributed by atoms with Gasteiger partial charge in [0.05, 0.1) is 10.6 Å². The van der Waals surface area contributed by atoms with Gasteiger partial charge < -0.3 is 4.90 Å². The molecule has 3 rings (SSSR count). The fourth-order valence-corrected chi connectivity index (χ4v) is 3.37. The molecule has 2 aliphatic rings. The highest BCUT2D eigenvalue weighted by Gasteiger charge is 2.45. The summed E-state index contributed by atoms with van der Waals surface area (Å²) < 4.78 is 0. The van der Waals surface area contributed by atoms with Crippen LogP contribution in [-0.2, 0) is 6.42 Å². The van der Waals surface area contributed by atoms with Crippen molar-refractivity contribution in [1.82, 2.24) is 4.98 Å². The molecule has 1 aliphatic carbocycles. The predicted molar refractivity (Wildman–Crippen MR) is 60.7 cm³/mol. The van der Waals surface area contributed by atoms with Crippen LogP contribution in [0, 0.1) is 11.8 Å². The van der Waals surface area contributed by atoms with E-state index in [9.17, 15) is 4.79 Å². The van der Waals surface area contributed by atoms with Gasteiger partial charge in [-0.3, -0.25) is 4.79 Å². The molecule has 1 saturated heterocycles. The number of nitrogens with zero attached hydrogens (tertiary/aromatic N) is 2. The maximum absolute atomic E-state index is 10.8. The summed E-state index contributed by atoms with van der Waals surface area (Å²) in [5, 5.41) is 1.06. The molecule has 0 bridgehead atoms. The number of thiazole rings is 1. The number of piperidine rings is 1. The van der Waals surface area contributed by atoms with E-state index in [0.29, 0.717) is 0 Å². The van der Waals surface area contributed by atoms with Crippen molar-refractivity contribution < 1.29 is 4.79 Å². The summed E-state index contributed by atoms with van der Waals surface area (Å²) in [6.45, 7) is 4.35. The molecule has 2 unspecified atom stereocenters. The van der Waals surface area contributed by atoms with Gasteiger partial charge in [0, 0.05) is 13.1 Å². The van der Waals surface area contributed by atoms with Gasteiger partial charge in [0.25, 0.3) is 0 Å². The molecule has 0 radical (unpaired) electrons. The molecule has 1 saturated carbocycles. The largest absolute Gasteiger partial charge is 0.347 e. The topological polar surface area (TPSA) is 33.2 Å². The van der Waals surface area contributed by atoms with E-state index in [2.05, 4.69) is 9.88 Å². The molecular weight excluding hydrogens is 208 g/mol. The van der Waals surface area contributed by atoms with Crippen LogP contribution in [0.2, 0.25) is 0 Å². The smallest absolute Gasteiger partial charge is 0.186 e. The number of carbonyl (C=O) groups excluding carboxylic acids is 1. The molecule has 2 fully saturated rings. The Bertz CT molecular complexity index is 391. The van der Waals surface area contributed by atoms with E-state index in [1.165, 1.54) is 6.42 Å². The van der Waals surface area contributed by atoms with Gasteiger partial charge in [-0.1, -0.05) is 18.3 Å². The summed E-state index contributed by atoms with van der Waals surface area (Å²) >= 11 is 1.55. The van der Waals surface area contributed by atoms with Crippen LogP contribution < -0.4 is 4.90 Å². The number of aromatic nitrogens is 1. The van der Waals surface area contributed by atoms with Crippen LogP contribution in [0.15, 0.2) is 0 Å². The number of hydrogen-bond acceptors (Lipinski definition) is 4. The normalized spacial score (nSPS) is 27.9. The lowest BCUT2D eigenvalue weighted by molar-refractivity contribution is 0.112. The molecular formula is C11H14N2OS. The molecule has 0 spiro atoms. The van der Waals surface area contributed by atoms with Crippen molar-refractivity contribution in [3.8, 4) is 0 Å². The van der Waals surface area contributed by atoms with E-state index in [-0.39, 0.29) is 0 Å². The van der Waals surface area contributed by atoms with Crippen LogP contribution in [0.25, 0.3) is 0 Å². The van der Waals surface area contributed by atoms with E-state index in [0.717, 1.165) is 53.3 Å². The second-order valence-electron chi connectivity index (χ2n) is 4.44. The van der Waals surface area contributed by atoms with Crippen molar-refractivity contribution in [3.63, 3.8) is 0 Å². The van der Waals surface area contributed by atoms with Gasteiger partial charge in [0.1, 0.15) is 0 Å². The zero-order chi connectivity index (χ0) is 10.4. The van der Waals surface area contributed by atoms with Gasteiger partial charge in [0.2, 0.25) is 0 Å². The van der Waals surface area contributed by atoms with Crippen molar-refractivity contribution >= 4 is 22.8 Å². The highest BCUT2D eigenvalue weighted by Crippen LogP contribution is 2.46. The fourth-order valence-electron chi connectivity index (χ4n) is 2.39. The summed E-state index contributed by atoms with van der Waals surface area (Å²) in [6, 6.07) is 0. The quantitative estimate of drug-likeness (QED) is 0.733. The van der Waals surface area contributed by atoms with Crippen LogP contribution >= 0.6 is 11.3 Å². The third-order valence-electron chi connectivity index (χ3n) is 3.41. The van der Waals surface area contributed by atoms with Crippen LogP contribution in [0.5, 0.6) is 0 Å². The van der Waals surface area contributed by atoms with E-state index in [1.54, 1.807) is 11.3 Å². The predicted octanol–water partition coefficient (Wildman–Crippen LogP) is 1.97. The summed E-state index contributed by atoms with van der Waals surface area (Å²) in [5.74, 6) is 1.83. The van der Waals surface area contributed by atoms with Crippen LogP contribution in [0.3, 0.4) is 0 Å². The summed E-state index contributed by atoms with van der Waals surface area (Å²) in [4.78, 5) is 18.5. The van der Waals surface area contributed by atoms with Crippen molar-refractivity contribution in [2.24, 2.45) is 11.8 Å². The summed E-state index contributed by atoms with van der Waals surface area (Å²) in [6.07, 6.45) is 3.20. The SMILES string of the molecule is CCc1nc(N2CC3CC3C2)sc1C=O. The molecule has 80 valence electrons. The molecule has 2 heterocycles. The Morgan fingerprint density at radius 3 is 2.80 bits per heavy atom. The molecule has 0 aromatic carbocycles. The van der Waals surface area contributed by atoms with Gasteiger partial charge in [0.15, 0.2) is 11.4 Å². The van der Waals surface area contributed by atoms with Crippen LogP contribution in [0.4, 0.5) is 5.13 Å². The van der Waals surface area contributed by atoms with Crippen molar-refractivity contribution in [2.45, 2.75) is 19.8 Å².